The second kappa shape index (κ2) is 4.99. The molecule has 0 aliphatic rings. The first-order chi connectivity index (χ1) is 4.72. The first kappa shape index (κ1) is 9.17. The van der Waals surface area contributed by atoms with Gasteiger partial charge in [-0.2, -0.15) is 0 Å². The molecule has 0 spiro atoms. The van der Waals surface area contributed by atoms with Crippen LogP contribution in [0.5, 0.6) is 0 Å². The first-order valence-corrected chi connectivity index (χ1v) is 3.17. The van der Waals surface area contributed by atoms with E-state index in [0.29, 0.717) is 13.3 Å². The zero-order valence-corrected chi connectivity index (χ0v) is 6.46. The van der Waals surface area contributed by atoms with E-state index < -0.39 is 0 Å². The Morgan fingerprint density at radius 1 is 1.80 bits per heavy atom. The molecule has 0 bridgehead atoms. The maximum Gasteiger partial charge on any atom is 0.247 e. The molecule has 0 rings (SSSR count). The quantitative estimate of drug-likeness (QED) is 0.426. The van der Waals surface area contributed by atoms with Crippen LogP contribution >= 0.6 is 0 Å². The number of hydrogen-bond donors (Lipinski definition) is 0. The number of rotatable bonds is 4. The molecule has 3 nitrogen and oxygen atoms in total. The second-order valence-corrected chi connectivity index (χ2v) is 1.86. The van der Waals surface area contributed by atoms with E-state index in [2.05, 4.69) is 6.58 Å². The summed E-state index contributed by atoms with van der Waals surface area (Å²) in [6, 6.07) is 0. The Labute approximate surface area is 61.3 Å². The highest BCUT2D eigenvalue weighted by Gasteiger charge is 2.00. The topological polar surface area (TPSA) is 29.5 Å². The van der Waals surface area contributed by atoms with E-state index in [1.807, 2.05) is 6.92 Å². The van der Waals surface area contributed by atoms with Crippen LogP contribution in [0.15, 0.2) is 12.7 Å². The normalized spacial score (nSPS) is 9.00. The highest BCUT2D eigenvalue weighted by Crippen LogP contribution is 1.85. The standard InChI is InChI=1S/C7H13NO2/c1-4-7(9)8(3)6-10-5-2/h4H,1,5-6H2,2-3H3. The van der Waals surface area contributed by atoms with Gasteiger partial charge in [-0.15, -0.1) is 0 Å². The summed E-state index contributed by atoms with van der Waals surface area (Å²) in [7, 11) is 1.67. The number of carbonyl (C=O) groups is 1. The molecule has 0 heterocycles. The van der Waals surface area contributed by atoms with Crippen LogP contribution < -0.4 is 0 Å². The fourth-order valence-electron chi connectivity index (χ4n) is 0.448. The third-order valence-corrected chi connectivity index (χ3v) is 1.04. The Kier molecular flexibility index (Phi) is 4.58. The molecule has 0 N–H and O–H groups in total. The maximum atomic E-state index is 10.7. The molecule has 0 fully saturated rings. The average molecular weight is 143 g/mol. The van der Waals surface area contributed by atoms with Crippen molar-refractivity contribution in [3.05, 3.63) is 12.7 Å². The molecule has 1 amide bonds. The Morgan fingerprint density at radius 3 is 2.80 bits per heavy atom. The van der Waals surface area contributed by atoms with Gasteiger partial charge < -0.3 is 9.64 Å². The van der Waals surface area contributed by atoms with E-state index in [1.165, 1.54) is 11.0 Å². The Hall–Kier alpha value is -0.830. The van der Waals surface area contributed by atoms with Crippen molar-refractivity contribution in [3.8, 4) is 0 Å². The van der Waals surface area contributed by atoms with Crippen LogP contribution in [-0.4, -0.2) is 31.2 Å². The summed E-state index contributed by atoms with van der Waals surface area (Å²) in [6.07, 6.45) is 1.26. The lowest BCUT2D eigenvalue weighted by atomic mass is 10.5. The summed E-state index contributed by atoms with van der Waals surface area (Å²) >= 11 is 0. The molecular weight excluding hydrogens is 130 g/mol. The molecule has 0 unspecified atom stereocenters. The second-order valence-electron chi connectivity index (χ2n) is 1.86. The smallest absolute Gasteiger partial charge is 0.247 e. The molecule has 58 valence electrons. The van der Waals surface area contributed by atoms with Crippen LogP contribution in [0.1, 0.15) is 6.92 Å². The van der Waals surface area contributed by atoms with Crippen molar-refractivity contribution in [2.75, 3.05) is 20.4 Å². The van der Waals surface area contributed by atoms with Gasteiger partial charge in [0, 0.05) is 13.7 Å². The summed E-state index contributed by atoms with van der Waals surface area (Å²) in [5.41, 5.74) is 0. The minimum atomic E-state index is -0.117. The highest BCUT2D eigenvalue weighted by atomic mass is 16.5. The number of carbonyl (C=O) groups excluding carboxylic acids is 1. The third kappa shape index (κ3) is 3.25. The van der Waals surface area contributed by atoms with Gasteiger partial charge in [0.1, 0.15) is 6.73 Å². The molecular formula is C7H13NO2. The molecule has 0 aromatic heterocycles. The molecule has 0 atom stereocenters. The van der Waals surface area contributed by atoms with Crippen molar-refractivity contribution in [3.63, 3.8) is 0 Å². The van der Waals surface area contributed by atoms with Crippen molar-refractivity contribution >= 4 is 5.91 Å². The molecule has 0 aromatic rings. The SMILES string of the molecule is C=CC(=O)N(C)COCC. The fraction of sp³-hybridized carbons (Fsp3) is 0.571. The molecule has 0 aromatic carbocycles. The molecule has 0 radical (unpaired) electrons. The number of likely N-dealkylation sites (N-methyl/N-ethyl adjacent to an activating group) is 1. The van der Waals surface area contributed by atoms with Crippen LogP contribution in [0, 0.1) is 0 Å². The Morgan fingerprint density at radius 2 is 2.40 bits per heavy atom. The lowest BCUT2D eigenvalue weighted by Crippen LogP contribution is -2.27. The molecule has 0 saturated heterocycles. The van der Waals surface area contributed by atoms with E-state index in [1.54, 1.807) is 7.05 Å². The van der Waals surface area contributed by atoms with E-state index in [4.69, 9.17) is 4.74 Å². The molecule has 0 saturated carbocycles. The van der Waals surface area contributed by atoms with Crippen molar-refractivity contribution in [1.29, 1.82) is 0 Å². The van der Waals surface area contributed by atoms with Crippen molar-refractivity contribution < 1.29 is 9.53 Å². The molecule has 3 heteroatoms. The lowest BCUT2D eigenvalue weighted by Gasteiger charge is -2.13. The van der Waals surface area contributed by atoms with E-state index in [0.717, 1.165) is 0 Å². The van der Waals surface area contributed by atoms with Crippen LogP contribution in [0.4, 0.5) is 0 Å². The number of nitrogens with zero attached hydrogens (tertiary/aromatic N) is 1. The summed E-state index contributed by atoms with van der Waals surface area (Å²) < 4.78 is 4.98. The predicted molar refractivity (Wildman–Crippen MR) is 39.5 cm³/mol. The van der Waals surface area contributed by atoms with Gasteiger partial charge in [-0.25, -0.2) is 0 Å². The van der Waals surface area contributed by atoms with Gasteiger partial charge in [-0.05, 0) is 13.0 Å². The number of amides is 1. The van der Waals surface area contributed by atoms with Gasteiger partial charge in [-0.1, -0.05) is 6.58 Å². The third-order valence-electron chi connectivity index (χ3n) is 1.04. The zero-order valence-electron chi connectivity index (χ0n) is 6.46. The zero-order chi connectivity index (χ0) is 7.98. The summed E-state index contributed by atoms with van der Waals surface area (Å²) in [4.78, 5) is 12.2. The molecule has 0 aliphatic carbocycles. The minimum Gasteiger partial charge on any atom is -0.361 e. The van der Waals surface area contributed by atoms with Gasteiger partial charge in [0.05, 0.1) is 0 Å². The summed E-state index contributed by atoms with van der Waals surface area (Å²) in [6.45, 7) is 6.18. The Bertz CT molecular complexity index is 123. The average Bonchev–Trinajstić information content (AvgIpc) is 1.98. The highest BCUT2D eigenvalue weighted by molar-refractivity contribution is 5.86. The molecule has 10 heavy (non-hydrogen) atoms. The number of ether oxygens (including phenoxy) is 1. The summed E-state index contributed by atoms with van der Waals surface area (Å²) in [5.74, 6) is -0.117. The largest absolute Gasteiger partial charge is 0.361 e. The van der Waals surface area contributed by atoms with Crippen molar-refractivity contribution in [2.45, 2.75) is 6.92 Å². The monoisotopic (exact) mass is 143 g/mol. The maximum absolute atomic E-state index is 10.7. The van der Waals surface area contributed by atoms with Gasteiger partial charge in [-0.3, -0.25) is 4.79 Å². The van der Waals surface area contributed by atoms with Gasteiger partial charge in [0.2, 0.25) is 5.91 Å². The van der Waals surface area contributed by atoms with E-state index in [-0.39, 0.29) is 5.91 Å². The fourth-order valence-corrected chi connectivity index (χ4v) is 0.448. The predicted octanol–water partition coefficient (Wildman–Crippen LogP) is 0.625. The lowest BCUT2D eigenvalue weighted by molar-refractivity contribution is -0.129. The van der Waals surface area contributed by atoms with Crippen LogP contribution in [0.2, 0.25) is 0 Å². The van der Waals surface area contributed by atoms with Crippen LogP contribution in [0.25, 0.3) is 0 Å². The van der Waals surface area contributed by atoms with E-state index in [9.17, 15) is 4.79 Å². The van der Waals surface area contributed by atoms with Crippen molar-refractivity contribution in [2.24, 2.45) is 0 Å². The van der Waals surface area contributed by atoms with Gasteiger partial charge >= 0.3 is 0 Å². The van der Waals surface area contributed by atoms with Gasteiger partial charge in [0.15, 0.2) is 0 Å². The van der Waals surface area contributed by atoms with Crippen molar-refractivity contribution in [1.82, 2.24) is 4.90 Å². The minimum absolute atomic E-state index is 0.117. The summed E-state index contributed by atoms with van der Waals surface area (Å²) in [5, 5.41) is 0. The Balaban J connectivity index is 3.51. The van der Waals surface area contributed by atoms with Crippen LogP contribution in [-0.2, 0) is 9.53 Å². The molecule has 0 aliphatic heterocycles. The first-order valence-electron chi connectivity index (χ1n) is 3.17. The van der Waals surface area contributed by atoms with E-state index >= 15 is 0 Å². The number of hydrogen-bond acceptors (Lipinski definition) is 2. The van der Waals surface area contributed by atoms with Crippen LogP contribution in [0.3, 0.4) is 0 Å². The van der Waals surface area contributed by atoms with Gasteiger partial charge in [0.25, 0.3) is 0 Å².